The third-order valence-corrected chi connectivity index (χ3v) is 5.02. The topological polar surface area (TPSA) is 76.7 Å². The van der Waals surface area contributed by atoms with Crippen LogP contribution >= 0.6 is 15.9 Å². The molecule has 0 spiro atoms. The predicted molar refractivity (Wildman–Crippen MR) is 122 cm³/mol. The van der Waals surface area contributed by atoms with Crippen molar-refractivity contribution in [3.63, 3.8) is 0 Å². The number of carbonyl (C=O) groups excluding carboxylic acids is 2. The summed E-state index contributed by atoms with van der Waals surface area (Å²) in [5.41, 5.74) is 2.34. The van der Waals surface area contributed by atoms with Crippen molar-refractivity contribution in [2.75, 3.05) is 32.2 Å². The van der Waals surface area contributed by atoms with E-state index in [-0.39, 0.29) is 23.8 Å². The number of carbonyl (C=O) groups is 2. The van der Waals surface area contributed by atoms with Gasteiger partial charge in [-0.25, -0.2) is 0 Å². The Hall–Kier alpha value is -2.38. The molecule has 2 rings (SSSR count). The van der Waals surface area contributed by atoms with E-state index < -0.39 is 0 Å². The molecule has 0 saturated carbocycles. The van der Waals surface area contributed by atoms with Gasteiger partial charge in [0.2, 0.25) is 0 Å². The standard InChI is InChI=1S/C23H29BrN2O4/c1-23(2,3)17-8-11-20(19(24)14-17)30-15-21(27)26-18-9-6-16(7-10-18)22(28)25-12-5-13-29-4/h6-11,14H,5,12-13,15H2,1-4H3,(H,25,28)(H,26,27). The Morgan fingerprint density at radius 3 is 2.37 bits per heavy atom. The number of benzene rings is 2. The minimum absolute atomic E-state index is 0.0331. The molecule has 0 unspecified atom stereocenters. The molecule has 0 aromatic heterocycles. The highest BCUT2D eigenvalue weighted by molar-refractivity contribution is 9.10. The van der Waals surface area contributed by atoms with E-state index in [1.54, 1.807) is 31.4 Å². The predicted octanol–water partition coefficient (Wildman–Crippen LogP) is 4.53. The Morgan fingerprint density at radius 2 is 1.77 bits per heavy atom. The van der Waals surface area contributed by atoms with Gasteiger partial charge in [0.05, 0.1) is 4.47 Å². The fourth-order valence-electron chi connectivity index (χ4n) is 2.65. The van der Waals surface area contributed by atoms with Gasteiger partial charge in [0.1, 0.15) is 5.75 Å². The maximum Gasteiger partial charge on any atom is 0.262 e. The molecule has 2 aromatic rings. The summed E-state index contributed by atoms with van der Waals surface area (Å²) in [5, 5.41) is 5.59. The number of nitrogens with one attached hydrogen (secondary N) is 2. The molecular weight excluding hydrogens is 448 g/mol. The van der Waals surface area contributed by atoms with E-state index in [9.17, 15) is 9.59 Å². The molecule has 2 aromatic carbocycles. The third-order valence-electron chi connectivity index (χ3n) is 4.40. The SMILES string of the molecule is COCCCNC(=O)c1ccc(NC(=O)COc2ccc(C(C)(C)C)cc2Br)cc1. The van der Waals surface area contributed by atoms with E-state index in [1.807, 2.05) is 18.2 Å². The number of halogens is 1. The van der Waals surface area contributed by atoms with E-state index in [4.69, 9.17) is 9.47 Å². The second kappa shape index (κ2) is 11.1. The summed E-state index contributed by atoms with van der Waals surface area (Å²) < 4.78 is 11.4. The highest BCUT2D eigenvalue weighted by atomic mass is 79.9. The van der Waals surface area contributed by atoms with Crippen LogP contribution < -0.4 is 15.4 Å². The van der Waals surface area contributed by atoms with Gasteiger partial charge in [-0.05, 0) is 69.7 Å². The van der Waals surface area contributed by atoms with Gasteiger partial charge in [0.25, 0.3) is 11.8 Å². The second-order valence-electron chi connectivity index (χ2n) is 7.91. The van der Waals surface area contributed by atoms with Crippen LogP contribution in [0.2, 0.25) is 0 Å². The second-order valence-corrected chi connectivity index (χ2v) is 8.77. The van der Waals surface area contributed by atoms with Gasteiger partial charge < -0.3 is 20.1 Å². The number of methoxy groups -OCH3 is 1. The van der Waals surface area contributed by atoms with Gasteiger partial charge in [0, 0.05) is 31.5 Å². The lowest BCUT2D eigenvalue weighted by Crippen LogP contribution is -2.25. The van der Waals surface area contributed by atoms with E-state index in [0.29, 0.717) is 30.2 Å². The fourth-order valence-corrected chi connectivity index (χ4v) is 3.14. The first-order chi connectivity index (χ1) is 14.2. The molecule has 0 radical (unpaired) electrons. The molecule has 0 bridgehead atoms. The first-order valence-electron chi connectivity index (χ1n) is 9.80. The molecule has 0 fully saturated rings. The zero-order chi connectivity index (χ0) is 22.1. The van der Waals surface area contributed by atoms with Crippen LogP contribution in [0.1, 0.15) is 43.1 Å². The number of hydrogen-bond acceptors (Lipinski definition) is 4. The minimum Gasteiger partial charge on any atom is -0.483 e. The number of amides is 2. The van der Waals surface area contributed by atoms with Crippen LogP contribution in [0.4, 0.5) is 5.69 Å². The fraction of sp³-hybridized carbons (Fsp3) is 0.391. The Labute approximate surface area is 186 Å². The normalized spacial score (nSPS) is 11.1. The Kier molecular flexibility index (Phi) is 8.87. The lowest BCUT2D eigenvalue weighted by molar-refractivity contribution is -0.118. The highest BCUT2D eigenvalue weighted by Gasteiger charge is 2.16. The van der Waals surface area contributed by atoms with Crippen LogP contribution in [0.5, 0.6) is 5.75 Å². The Balaban J connectivity index is 1.84. The van der Waals surface area contributed by atoms with Gasteiger partial charge in [0.15, 0.2) is 6.61 Å². The zero-order valence-electron chi connectivity index (χ0n) is 17.9. The van der Waals surface area contributed by atoms with E-state index in [1.165, 1.54) is 5.56 Å². The molecule has 2 amide bonds. The molecule has 0 aliphatic carbocycles. The van der Waals surface area contributed by atoms with Crippen LogP contribution in [0, 0.1) is 0 Å². The van der Waals surface area contributed by atoms with Crippen molar-refractivity contribution in [1.82, 2.24) is 5.32 Å². The first kappa shape index (κ1) is 23.9. The quantitative estimate of drug-likeness (QED) is 0.521. The summed E-state index contributed by atoms with van der Waals surface area (Å²) in [6, 6.07) is 12.6. The van der Waals surface area contributed by atoms with E-state index in [0.717, 1.165) is 10.9 Å². The lowest BCUT2D eigenvalue weighted by Gasteiger charge is -2.20. The van der Waals surface area contributed by atoms with Crippen LogP contribution in [0.25, 0.3) is 0 Å². The van der Waals surface area contributed by atoms with Gasteiger partial charge >= 0.3 is 0 Å². The maximum absolute atomic E-state index is 12.2. The summed E-state index contributed by atoms with van der Waals surface area (Å²) in [7, 11) is 1.63. The average Bonchev–Trinajstić information content (AvgIpc) is 2.70. The largest absolute Gasteiger partial charge is 0.483 e. The van der Waals surface area contributed by atoms with Crippen molar-refractivity contribution in [1.29, 1.82) is 0 Å². The van der Waals surface area contributed by atoms with Crippen molar-refractivity contribution >= 4 is 33.4 Å². The maximum atomic E-state index is 12.2. The first-order valence-corrected chi connectivity index (χ1v) is 10.6. The summed E-state index contributed by atoms with van der Waals surface area (Å²) in [4.78, 5) is 24.3. The summed E-state index contributed by atoms with van der Waals surface area (Å²) in [6.07, 6.45) is 0.755. The number of rotatable bonds is 9. The number of anilines is 1. The van der Waals surface area contributed by atoms with Crippen LogP contribution in [-0.4, -0.2) is 38.7 Å². The van der Waals surface area contributed by atoms with Crippen LogP contribution in [0.15, 0.2) is 46.9 Å². The summed E-state index contributed by atoms with van der Waals surface area (Å²) in [5.74, 6) is 0.174. The molecule has 30 heavy (non-hydrogen) atoms. The molecular formula is C23H29BrN2O4. The van der Waals surface area contributed by atoms with Crippen LogP contribution in [-0.2, 0) is 14.9 Å². The summed E-state index contributed by atoms with van der Waals surface area (Å²) >= 11 is 3.50. The Morgan fingerprint density at radius 1 is 1.07 bits per heavy atom. The molecule has 6 nitrogen and oxygen atoms in total. The number of hydrogen-bond donors (Lipinski definition) is 2. The molecule has 2 N–H and O–H groups in total. The van der Waals surface area contributed by atoms with E-state index >= 15 is 0 Å². The van der Waals surface area contributed by atoms with Crippen molar-refractivity contribution < 1.29 is 19.1 Å². The monoisotopic (exact) mass is 476 g/mol. The molecule has 0 heterocycles. The van der Waals surface area contributed by atoms with Crippen molar-refractivity contribution in [3.8, 4) is 5.75 Å². The molecule has 0 aliphatic heterocycles. The number of ether oxygens (including phenoxy) is 2. The van der Waals surface area contributed by atoms with Crippen molar-refractivity contribution in [2.45, 2.75) is 32.6 Å². The van der Waals surface area contributed by atoms with Crippen molar-refractivity contribution in [2.24, 2.45) is 0 Å². The average molecular weight is 477 g/mol. The molecule has 0 atom stereocenters. The highest BCUT2D eigenvalue weighted by Crippen LogP contribution is 2.31. The zero-order valence-corrected chi connectivity index (χ0v) is 19.5. The van der Waals surface area contributed by atoms with E-state index in [2.05, 4.69) is 47.3 Å². The van der Waals surface area contributed by atoms with Gasteiger partial charge in [-0.1, -0.05) is 26.8 Å². The molecule has 7 heteroatoms. The molecule has 0 saturated heterocycles. The van der Waals surface area contributed by atoms with Gasteiger partial charge in [-0.3, -0.25) is 9.59 Å². The Bertz CT molecular complexity index is 860. The minimum atomic E-state index is -0.279. The summed E-state index contributed by atoms with van der Waals surface area (Å²) in [6.45, 7) is 7.45. The van der Waals surface area contributed by atoms with Crippen molar-refractivity contribution in [3.05, 3.63) is 58.1 Å². The third kappa shape index (κ3) is 7.46. The molecule has 0 aliphatic rings. The van der Waals surface area contributed by atoms with Gasteiger partial charge in [-0.15, -0.1) is 0 Å². The smallest absolute Gasteiger partial charge is 0.262 e. The molecule has 162 valence electrons. The lowest BCUT2D eigenvalue weighted by atomic mass is 9.87. The van der Waals surface area contributed by atoms with Crippen LogP contribution in [0.3, 0.4) is 0 Å². The van der Waals surface area contributed by atoms with Gasteiger partial charge in [-0.2, -0.15) is 0 Å².